The number of non-ortho nitro benzene ring substituents is 1. The number of ether oxygens (including phenoxy) is 6. The maximum absolute atomic E-state index is 13.8. The first-order chi connectivity index (χ1) is 24.7. The minimum Gasteiger partial charge on any atom is -0.493 e. The molecule has 2 heterocycles. The number of carbonyl (C=O) groups excluding carboxylic acids is 1. The molecule has 0 spiro atoms. The summed E-state index contributed by atoms with van der Waals surface area (Å²) in [6.07, 6.45) is 0. The van der Waals surface area contributed by atoms with E-state index in [-0.39, 0.29) is 22.9 Å². The summed E-state index contributed by atoms with van der Waals surface area (Å²) >= 11 is 1.22. The van der Waals surface area contributed by atoms with Crippen molar-refractivity contribution in [2.45, 2.75) is 0 Å². The topological polar surface area (TPSA) is 172 Å². The van der Waals surface area contributed by atoms with Gasteiger partial charge in [0.05, 0.1) is 47.6 Å². The molecule has 0 atom stereocenters. The normalized spacial score (nSPS) is 10.8. The highest BCUT2D eigenvalue weighted by Gasteiger charge is 2.24. The first-order valence-corrected chi connectivity index (χ1v) is 15.8. The van der Waals surface area contributed by atoms with Crippen LogP contribution in [0.2, 0.25) is 0 Å². The molecule has 0 radical (unpaired) electrons. The van der Waals surface area contributed by atoms with Crippen molar-refractivity contribution in [3.8, 4) is 79.2 Å². The molecular weight excluding hydrogens is 680 g/mol. The summed E-state index contributed by atoms with van der Waals surface area (Å²) < 4.78 is 38.6. The Morgan fingerprint density at radius 2 is 1.16 bits per heavy atom. The van der Waals surface area contributed by atoms with Gasteiger partial charge in [-0.1, -0.05) is 24.3 Å². The molecule has 6 rings (SSSR count). The van der Waals surface area contributed by atoms with Crippen LogP contribution in [0.4, 0.5) is 5.69 Å². The molecule has 0 bridgehead atoms. The highest BCUT2D eigenvalue weighted by molar-refractivity contribution is 7.09. The van der Waals surface area contributed by atoms with E-state index in [1.165, 1.54) is 64.2 Å². The maximum atomic E-state index is 13.8. The zero-order valence-corrected chi connectivity index (χ0v) is 29.0. The number of hydrogen-bond donors (Lipinski definition) is 0. The minimum atomic E-state index is -0.558. The van der Waals surface area contributed by atoms with Gasteiger partial charge < -0.3 is 28.4 Å². The molecule has 0 aliphatic rings. The fraction of sp³-hybridized carbons (Fsp3) is 0.171. The summed E-state index contributed by atoms with van der Waals surface area (Å²) in [7, 11) is 9.06. The second kappa shape index (κ2) is 14.5. The SMILES string of the molecule is COc1cc(-c2nsc(-c3ccc(-c4nc(-c5cc(OC)c(OC)c(OC)c5)n(C(=O)c5ccc([N+](=O)[O-])cc5)n4)cc3)n2)cc(OC)c1OC. The molecule has 15 nitrogen and oxygen atoms in total. The number of rotatable bonds is 12. The smallest absolute Gasteiger partial charge is 0.280 e. The number of nitro benzene ring substituents is 1. The Morgan fingerprint density at radius 1 is 0.647 bits per heavy atom. The molecule has 6 aromatic rings. The molecule has 4 aromatic carbocycles. The Kier molecular flexibility index (Phi) is 9.77. The van der Waals surface area contributed by atoms with Crippen LogP contribution in [0.5, 0.6) is 34.5 Å². The average molecular weight is 711 g/mol. The van der Waals surface area contributed by atoms with Crippen molar-refractivity contribution in [2.75, 3.05) is 42.7 Å². The lowest BCUT2D eigenvalue weighted by Gasteiger charge is -2.14. The van der Waals surface area contributed by atoms with Gasteiger partial charge in [-0.3, -0.25) is 14.9 Å². The van der Waals surface area contributed by atoms with Gasteiger partial charge in [0.15, 0.2) is 40.5 Å². The van der Waals surface area contributed by atoms with Crippen molar-refractivity contribution in [2.24, 2.45) is 0 Å². The van der Waals surface area contributed by atoms with Gasteiger partial charge in [0.2, 0.25) is 11.5 Å². The van der Waals surface area contributed by atoms with Gasteiger partial charge in [-0.25, -0.2) is 9.97 Å². The van der Waals surface area contributed by atoms with Crippen molar-refractivity contribution >= 4 is 23.1 Å². The summed E-state index contributed by atoms with van der Waals surface area (Å²) in [5.41, 5.74) is 2.55. The number of nitrogens with zero attached hydrogens (tertiary/aromatic N) is 6. The monoisotopic (exact) mass is 710 g/mol. The molecule has 0 fully saturated rings. The van der Waals surface area contributed by atoms with Crippen LogP contribution in [0.3, 0.4) is 0 Å². The highest BCUT2D eigenvalue weighted by atomic mass is 32.1. The molecule has 0 amide bonds. The largest absolute Gasteiger partial charge is 0.493 e. The molecule has 0 N–H and O–H groups in total. The van der Waals surface area contributed by atoms with Crippen LogP contribution >= 0.6 is 11.5 Å². The third-order valence-corrected chi connectivity index (χ3v) is 8.55. The predicted molar refractivity (Wildman–Crippen MR) is 187 cm³/mol. The van der Waals surface area contributed by atoms with E-state index in [2.05, 4.69) is 9.47 Å². The summed E-state index contributed by atoms with van der Waals surface area (Å²) in [6, 6.07) is 19.4. The van der Waals surface area contributed by atoms with E-state index in [0.717, 1.165) is 10.2 Å². The van der Waals surface area contributed by atoms with E-state index < -0.39 is 10.8 Å². The number of hydrogen-bond acceptors (Lipinski definition) is 14. The number of methoxy groups -OCH3 is 6. The van der Waals surface area contributed by atoms with Crippen molar-refractivity contribution in [1.29, 1.82) is 0 Å². The molecule has 51 heavy (non-hydrogen) atoms. The van der Waals surface area contributed by atoms with E-state index >= 15 is 0 Å². The summed E-state index contributed by atoms with van der Waals surface area (Å²) in [6.45, 7) is 0. The van der Waals surface area contributed by atoms with Gasteiger partial charge >= 0.3 is 0 Å². The van der Waals surface area contributed by atoms with Crippen molar-refractivity contribution in [1.82, 2.24) is 24.1 Å². The molecule has 2 aromatic heterocycles. The number of benzene rings is 4. The molecule has 0 unspecified atom stereocenters. The summed E-state index contributed by atoms with van der Waals surface area (Å²) in [5, 5.41) is 16.5. The lowest BCUT2D eigenvalue weighted by Crippen LogP contribution is -2.15. The quantitative estimate of drug-likeness (QED) is 0.100. The molecule has 0 aliphatic heterocycles. The van der Waals surface area contributed by atoms with Gasteiger partial charge in [-0.15, -0.1) is 5.10 Å². The van der Waals surface area contributed by atoms with Gasteiger partial charge in [-0.2, -0.15) is 9.06 Å². The summed E-state index contributed by atoms with van der Waals surface area (Å²) in [4.78, 5) is 34.0. The number of nitro groups is 1. The average Bonchev–Trinajstić information content (AvgIpc) is 3.85. The van der Waals surface area contributed by atoms with E-state index in [1.807, 2.05) is 24.3 Å². The van der Waals surface area contributed by atoms with Crippen molar-refractivity contribution < 1.29 is 38.1 Å². The standard InChI is InChI=1S/C35H30N6O9S/c1-45-25-15-22(16-26(46-2)29(25)49-5)32-37-34(51-39-32)20-9-7-19(8-10-20)31-36-33(23-17-27(47-3)30(50-6)28(18-23)48-4)40(38-31)35(42)21-11-13-24(14-12-21)41(43)44/h7-18H,1-6H3. The summed E-state index contributed by atoms with van der Waals surface area (Å²) in [5.74, 6) is 2.83. The van der Waals surface area contributed by atoms with Crippen LogP contribution in [-0.4, -0.2) is 77.6 Å². The second-order valence-electron chi connectivity index (χ2n) is 10.6. The third kappa shape index (κ3) is 6.59. The van der Waals surface area contributed by atoms with Crippen LogP contribution in [0.15, 0.2) is 72.8 Å². The first kappa shape index (κ1) is 34.3. The fourth-order valence-corrected chi connectivity index (χ4v) is 5.94. The third-order valence-electron chi connectivity index (χ3n) is 7.79. The van der Waals surface area contributed by atoms with Crippen LogP contribution in [0.1, 0.15) is 10.4 Å². The highest BCUT2D eigenvalue weighted by Crippen LogP contribution is 2.42. The van der Waals surface area contributed by atoms with E-state index in [4.69, 9.17) is 38.4 Å². The van der Waals surface area contributed by atoms with Gasteiger partial charge in [0.25, 0.3) is 11.6 Å². The fourth-order valence-electron chi connectivity index (χ4n) is 5.25. The molecule has 16 heteroatoms. The lowest BCUT2D eigenvalue weighted by atomic mass is 10.1. The maximum Gasteiger partial charge on any atom is 0.280 e. The Bertz CT molecular complexity index is 2180. The van der Waals surface area contributed by atoms with Gasteiger partial charge in [-0.05, 0) is 47.9 Å². The van der Waals surface area contributed by atoms with Crippen molar-refractivity contribution in [3.63, 3.8) is 0 Å². The Hall–Kier alpha value is -6.55. The number of aromatic nitrogens is 5. The van der Waals surface area contributed by atoms with E-state index in [1.54, 1.807) is 38.5 Å². The molecule has 0 aliphatic carbocycles. The Labute approximate surface area is 295 Å². The van der Waals surface area contributed by atoms with Crippen LogP contribution in [0.25, 0.3) is 44.7 Å². The second-order valence-corrected chi connectivity index (χ2v) is 11.4. The van der Waals surface area contributed by atoms with Gasteiger partial charge in [0, 0.05) is 39.9 Å². The molecule has 0 saturated heterocycles. The Balaban J connectivity index is 1.38. The lowest BCUT2D eigenvalue weighted by molar-refractivity contribution is -0.384. The van der Waals surface area contributed by atoms with Crippen molar-refractivity contribution in [3.05, 3.63) is 88.5 Å². The minimum absolute atomic E-state index is 0.151. The first-order valence-electron chi connectivity index (χ1n) is 15.0. The van der Waals surface area contributed by atoms with Crippen LogP contribution in [0, 0.1) is 10.1 Å². The molecule has 0 saturated carbocycles. The zero-order valence-electron chi connectivity index (χ0n) is 28.2. The van der Waals surface area contributed by atoms with Crippen LogP contribution < -0.4 is 28.4 Å². The predicted octanol–water partition coefficient (Wildman–Crippen LogP) is 6.45. The van der Waals surface area contributed by atoms with E-state index in [0.29, 0.717) is 62.0 Å². The molecule has 260 valence electrons. The van der Waals surface area contributed by atoms with Gasteiger partial charge in [0.1, 0.15) is 5.01 Å². The van der Waals surface area contributed by atoms with Crippen LogP contribution in [-0.2, 0) is 0 Å². The Morgan fingerprint density at radius 3 is 1.65 bits per heavy atom. The number of carbonyl (C=O) groups is 1. The molecular formula is C35H30N6O9S. The zero-order chi connectivity index (χ0) is 36.2. The van der Waals surface area contributed by atoms with E-state index in [9.17, 15) is 14.9 Å².